The summed E-state index contributed by atoms with van der Waals surface area (Å²) < 4.78 is 27.2. The molecule has 0 unspecified atom stereocenters. The first kappa shape index (κ1) is 22.3. The number of carbonyl (C=O) groups excluding carboxylic acids is 2. The van der Waals surface area contributed by atoms with Crippen molar-refractivity contribution >= 4 is 22.0 Å². The Morgan fingerprint density at radius 2 is 1.68 bits per heavy atom. The van der Waals surface area contributed by atoms with Gasteiger partial charge in [-0.2, -0.15) is 4.31 Å². The molecule has 1 heterocycles. The van der Waals surface area contributed by atoms with Crippen molar-refractivity contribution in [2.75, 3.05) is 39.3 Å². The van der Waals surface area contributed by atoms with E-state index >= 15 is 0 Å². The van der Waals surface area contributed by atoms with Gasteiger partial charge in [-0.25, -0.2) is 13.2 Å². The molecule has 1 saturated heterocycles. The zero-order chi connectivity index (χ0) is 20.7. The molecule has 1 atom stereocenters. The Labute approximate surface area is 167 Å². The van der Waals surface area contributed by atoms with Crippen LogP contribution < -0.4 is 10.6 Å². The second-order valence-electron chi connectivity index (χ2n) is 6.97. The number of urea groups is 1. The lowest BCUT2D eigenvalue weighted by atomic mass is 9.99. The van der Waals surface area contributed by atoms with Crippen molar-refractivity contribution in [2.45, 2.75) is 38.0 Å². The van der Waals surface area contributed by atoms with E-state index < -0.39 is 22.0 Å². The highest BCUT2D eigenvalue weighted by molar-refractivity contribution is 7.89. The van der Waals surface area contributed by atoms with E-state index in [1.807, 2.05) is 17.0 Å². The summed E-state index contributed by atoms with van der Waals surface area (Å²) in [5.74, 6) is -0.00579. The molecule has 0 spiro atoms. The summed E-state index contributed by atoms with van der Waals surface area (Å²) >= 11 is 0. The maximum Gasteiger partial charge on any atom is 0.321 e. The summed E-state index contributed by atoms with van der Waals surface area (Å²) in [5.41, 5.74) is 1.13. The summed E-state index contributed by atoms with van der Waals surface area (Å²) in [6.45, 7) is 7.98. The zero-order valence-corrected chi connectivity index (χ0v) is 17.6. The highest BCUT2D eigenvalue weighted by Gasteiger charge is 2.29. The lowest BCUT2D eigenvalue weighted by Gasteiger charge is -2.33. The van der Waals surface area contributed by atoms with Crippen LogP contribution in [-0.4, -0.2) is 68.8 Å². The standard InChI is InChI=1S/C19H30N4O4S/c1-4-15(3)16-6-8-17(9-7-16)28(26,27)23-12-10-22(11-13-23)14-18(24)21-19(25)20-5-2/h6-9,15H,4-5,10-14H2,1-3H3,(H2,20,21,24,25)/t15-/m0/s1. The van der Waals surface area contributed by atoms with Gasteiger partial charge in [0.15, 0.2) is 0 Å². The third kappa shape index (κ3) is 5.76. The zero-order valence-electron chi connectivity index (χ0n) is 16.8. The first-order valence-electron chi connectivity index (χ1n) is 9.68. The molecule has 2 N–H and O–H groups in total. The summed E-state index contributed by atoms with van der Waals surface area (Å²) in [5, 5.41) is 4.75. The Bertz CT molecular complexity index is 772. The van der Waals surface area contributed by atoms with Gasteiger partial charge in [-0.1, -0.05) is 26.0 Å². The fourth-order valence-corrected chi connectivity index (χ4v) is 4.48. The van der Waals surface area contributed by atoms with E-state index in [-0.39, 0.29) is 6.54 Å². The van der Waals surface area contributed by atoms with Gasteiger partial charge in [-0.05, 0) is 37.0 Å². The Hall–Kier alpha value is -1.97. The average molecular weight is 411 g/mol. The molecule has 0 aromatic heterocycles. The fourth-order valence-electron chi connectivity index (χ4n) is 3.06. The normalized spacial score (nSPS) is 17.1. The number of hydrogen-bond acceptors (Lipinski definition) is 5. The lowest BCUT2D eigenvalue weighted by Crippen LogP contribution is -2.52. The van der Waals surface area contributed by atoms with Crippen molar-refractivity contribution < 1.29 is 18.0 Å². The number of piperazine rings is 1. The van der Waals surface area contributed by atoms with Crippen LogP contribution in [0.2, 0.25) is 0 Å². The highest BCUT2D eigenvalue weighted by Crippen LogP contribution is 2.23. The lowest BCUT2D eigenvalue weighted by molar-refractivity contribution is -0.121. The van der Waals surface area contributed by atoms with Crippen molar-refractivity contribution in [1.29, 1.82) is 0 Å². The third-order valence-electron chi connectivity index (χ3n) is 4.99. The molecule has 1 aliphatic rings. The number of hydrogen-bond donors (Lipinski definition) is 2. The van der Waals surface area contributed by atoms with Gasteiger partial charge in [-0.15, -0.1) is 0 Å². The molecule has 0 saturated carbocycles. The van der Waals surface area contributed by atoms with E-state index in [4.69, 9.17) is 0 Å². The van der Waals surface area contributed by atoms with Gasteiger partial charge in [0.1, 0.15) is 0 Å². The molecule has 28 heavy (non-hydrogen) atoms. The molecule has 3 amide bonds. The quantitative estimate of drug-likeness (QED) is 0.707. The van der Waals surface area contributed by atoms with Crippen LogP contribution in [0.5, 0.6) is 0 Å². The molecule has 0 aliphatic carbocycles. The maximum atomic E-state index is 12.9. The minimum Gasteiger partial charge on any atom is -0.338 e. The number of imide groups is 1. The number of sulfonamides is 1. The molecule has 8 nitrogen and oxygen atoms in total. The van der Waals surface area contributed by atoms with Crippen molar-refractivity contribution in [2.24, 2.45) is 0 Å². The van der Waals surface area contributed by atoms with E-state index in [1.165, 1.54) is 4.31 Å². The smallest absolute Gasteiger partial charge is 0.321 e. The molecule has 156 valence electrons. The van der Waals surface area contributed by atoms with Crippen molar-refractivity contribution in [3.05, 3.63) is 29.8 Å². The van der Waals surface area contributed by atoms with Crippen LogP contribution in [-0.2, 0) is 14.8 Å². The van der Waals surface area contributed by atoms with Crippen LogP contribution in [0, 0.1) is 0 Å². The molecule has 1 aromatic carbocycles. The molecule has 1 aromatic rings. The molecule has 2 rings (SSSR count). The van der Waals surface area contributed by atoms with Crippen molar-refractivity contribution in [1.82, 2.24) is 19.8 Å². The van der Waals surface area contributed by atoms with Gasteiger partial charge in [0.25, 0.3) is 0 Å². The monoisotopic (exact) mass is 410 g/mol. The predicted molar refractivity (Wildman–Crippen MR) is 108 cm³/mol. The first-order valence-corrected chi connectivity index (χ1v) is 11.1. The summed E-state index contributed by atoms with van der Waals surface area (Å²) in [4.78, 5) is 25.4. The van der Waals surface area contributed by atoms with E-state index in [0.29, 0.717) is 43.5 Å². The van der Waals surface area contributed by atoms with Crippen LogP contribution >= 0.6 is 0 Å². The van der Waals surface area contributed by atoms with Gasteiger partial charge in [-0.3, -0.25) is 15.0 Å². The minimum atomic E-state index is -3.55. The van der Waals surface area contributed by atoms with E-state index in [0.717, 1.165) is 12.0 Å². The Kier molecular flexibility index (Phi) is 7.97. The first-order chi connectivity index (χ1) is 13.3. The average Bonchev–Trinajstić information content (AvgIpc) is 2.68. The van der Waals surface area contributed by atoms with Gasteiger partial charge in [0.2, 0.25) is 15.9 Å². The predicted octanol–water partition coefficient (Wildman–Crippen LogP) is 1.35. The number of rotatable bonds is 7. The van der Waals surface area contributed by atoms with Crippen LogP contribution in [0.3, 0.4) is 0 Å². The van der Waals surface area contributed by atoms with Gasteiger partial charge >= 0.3 is 6.03 Å². The number of carbonyl (C=O) groups is 2. The number of amides is 3. The Morgan fingerprint density at radius 1 is 1.07 bits per heavy atom. The van der Waals surface area contributed by atoms with Crippen molar-refractivity contribution in [3.63, 3.8) is 0 Å². The van der Waals surface area contributed by atoms with Gasteiger partial charge < -0.3 is 5.32 Å². The van der Waals surface area contributed by atoms with E-state index in [2.05, 4.69) is 24.5 Å². The van der Waals surface area contributed by atoms with Gasteiger partial charge in [0, 0.05) is 32.7 Å². The highest BCUT2D eigenvalue weighted by atomic mass is 32.2. The molecule has 1 aliphatic heterocycles. The molecular formula is C19H30N4O4S. The topological polar surface area (TPSA) is 98.8 Å². The number of nitrogens with one attached hydrogen (secondary N) is 2. The van der Waals surface area contributed by atoms with Gasteiger partial charge in [0.05, 0.1) is 11.4 Å². The number of nitrogens with zero attached hydrogens (tertiary/aromatic N) is 2. The summed E-state index contributed by atoms with van der Waals surface area (Å²) in [6, 6.07) is 6.58. The van der Waals surface area contributed by atoms with Crippen LogP contribution in [0.1, 0.15) is 38.7 Å². The van der Waals surface area contributed by atoms with E-state index in [1.54, 1.807) is 19.1 Å². The number of benzene rings is 1. The maximum absolute atomic E-state index is 12.9. The Morgan fingerprint density at radius 3 is 2.21 bits per heavy atom. The fraction of sp³-hybridized carbons (Fsp3) is 0.579. The molecule has 9 heteroatoms. The summed E-state index contributed by atoms with van der Waals surface area (Å²) in [7, 11) is -3.55. The Balaban J connectivity index is 1.91. The second-order valence-corrected chi connectivity index (χ2v) is 8.90. The second kappa shape index (κ2) is 9.99. The third-order valence-corrected chi connectivity index (χ3v) is 6.90. The van der Waals surface area contributed by atoms with E-state index in [9.17, 15) is 18.0 Å². The molecular weight excluding hydrogens is 380 g/mol. The molecule has 1 fully saturated rings. The molecule has 0 bridgehead atoms. The molecule has 0 radical (unpaired) electrons. The minimum absolute atomic E-state index is 0.0641. The van der Waals surface area contributed by atoms with Crippen LogP contribution in [0.15, 0.2) is 29.2 Å². The summed E-state index contributed by atoms with van der Waals surface area (Å²) in [6.07, 6.45) is 1.00. The van der Waals surface area contributed by atoms with Crippen molar-refractivity contribution in [3.8, 4) is 0 Å². The van der Waals surface area contributed by atoms with Crippen LogP contribution in [0.4, 0.5) is 4.79 Å². The largest absolute Gasteiger partial charge is 0.338 e. The van der Waals surface area contributed by atoms with Crippen LogP contribution in [0.25, 0.3) is 0 Å². The SMILES string of the molecule is CCNC(=O)NC(=O)CN1CCN(S(=O)(=O)c2ccc([C@@H](C)CC)cc2)CC1.